The van der Waals surface area contributed by atoms with Gasteiger partial charge in [-0.15, -0.1) is 24.8 Å². The number of esters is 1. The molecule has 0 unspecified atom stereocenters. The zero-order chi connectivity index (χ0) is 10.6. The van der Waals surface area contributed by atoms with Gasteiger partial charge in [0.15, 0.2) is 0 Å². The Morgan fingerprint density at radius 1 is 1.50 bits per heavy atom. The van der Waals surface area contributed by atoms with E-state index in [1.807, 2.05) is 0 Å². The molecule has 0 aliphatic heterocycles. The van der Waals surface area contributed by atoms with E-state index in [2.05, 4.69) is 4.98 Å². The summed E-state index contributed by atoms with van der Waals surface area (Å²) in [7, 11) is 0. The molecule has 0 saturated carbocycles. The minimum atomic E-state index is -0.502. The summed E-state index contributed by atoms with van der Waals surface area (Å²) in [6.07, 6.45) is 3.06. The first kappa shape index (κ1) is 17.6. The maximum absolute atomic E-state index is 11.4. The molecule has 1 aromatic rings. The Hall–Kier alpha value is -0.840. The van der Waals surface area contributed by atoms with Crippen molar-refractivity contribution < 1.29 is 9.53 Å². The minimum absolute atomic E-state index is 0. The Labute approximate surface area is 107 Å². The highest BCUT2D eigenvalue weighted by Gasteiger charge is 2.14. The summed E-state index contributed by atoms with van der Waals surface area (Å²) in [5.74, 6) is -0.392. The standard InChI is InChI=1S/C10H14N2O2.2ClH/c1-10(2,11)7-14-9(13)8-4-3-5-12-6-8;;/h3-6H,7,11H2,1-2H3;2*1H. The average molecular weight is 267 g/mol. The van der Waals surface area contributed by atoms with E-state index >= 15 is 0 Å². The molecule has 0 atom stereocenters. The lowest BCUT2D eigenvalue weighted by Crippen LogP contribution is -2.38. The van der Waals surface area contributed by atoms with Crippen LogP contribution in [-0.2, 0) is 4.74 Å². The number of rotatable bonds is 3. The molecular weight excluding hydrogens is 251 g/mol. The zero-order valence-corrected chi connectivity index (χ0v) is 10.8. The van der Waals surface area contributed by atoms with E-state index in [0.29, 0.717) is 5.56 Å². The van der Waals surface area contributed by atoms with E-state index in [1.165, 1.54) is 6.20 Å². The fourth-order valence-corrected chi connectivity index (χ4v) is 0.818. The largest absolute Gasteiger partial charge is 0.460 e. The predicted molar refractivity (Wildman–Crippen MR) is 67.3 cm³/mol. The molecule has 6 heteroatoms. The first-order valence-electron chi connectivity index (χ1n) is 4.35. The molecule has 0 radical (unpaired) electrons. The van der Waals surface area contributed by atoms with Crippen LogP contribution in [-0.4, -0.2) is 23.1 Å². The summed E-state index contributed by atoms with van der Waals surface area (Å²) in [5, 5.41) is 0. The van der Waals surface area contributed by atoms with Crippen molar-refractivity contribution in [3.8, 4) is 0 Å². The van der Waals surface area contributed by atoms with Gasteiger partial charge in [-0.1, -0.05) is 0 Å². The maximum atomic E-state index is 11.4. The molecule has 16 heavy (non-hydrogen) atoms. The highest BCUT2D eigenvalue weighted by molar-refractivity contribution is 5.88. The van der Waals surface area contributed by atoms with Crippen LogP contribution in [0.25, 0.3) is 0 Å². The van der Waals surface area contributed by atoms with Crippen molar-refractivity contribution >= 4 is 30.8 Å². The number of ether oxygens (including phenoxy) is 1. The van der Waals surface area contributed by atoms with E-state index in [4.69, 9.17) is 10.5 Å². The van der Waals surface area contributed by atoms with Gasteiger partial charge in [-0.25, -0.2) is 4.79 Å². The molecule has 0 spiro atoms. The molecule has 1 heterocycles. The van der Waals surface area contributed by atoms with Crippen molar-refractivity contribution in [1.29, 1.82) is 0 Å². The number of halogens is 2. The van der Waals surface area contributed by atoms with Crippen LogP contribution >= 0.6 is 24.8 Å². The number of nitrogens with two attached hydrogens (primary N) is 1. The molecule has 0 aliphatic carbocycles. The second-order valence-electron chi connectivity index (χ2n) is 3.81. The predicted octanol–water partition coefficient (Wildman–Crippen LogP) is 1.82. The Bertz CT molecular complexity index is 312. The maximum Gasteiger partial charge on any atom is 0.339 e. The SMILES string of the molecule is CC(C)(N)COC(=O)c1cccnc1.Cl.Cl. The fourth-order valence-electron chi connectivity index (χ4n) is 0.818. The van der Waals surface area contributed by atoms with Gasteiger partial charge in [-0.05, 0) is 26.0 Å². The molecular formula is C10H16Cl2N2O2. The van der Waals surface area contributed by atoms with Gasteiger partial charge >= 0.3 is 5.97 Å². The number of carbonyl (C=O) groups excluding carboxylic acids is 1. The summed E-state index contributed by atoms with van der Waals surface area (Å²) in [6.45, 7) is 3.79. The molecule has 0 aromatic carbocycles. The van der Waals surface area contributed by atoms with Crippen molar-refractivity contribution in [1.82, 2.24) is 4.98 Å². The third kappa shape index (κ3) is 6.61. The lowest BCUT2D eigenvalue weighted by atomic mass is 10.1. The lowest BCUT2D eigenvalue weighted by Gasteiger charge is -2.17. The Morgan fingerprint density at radius 2 is 2.12 bits per heavy atom. The number of carbonyl (C=O) groups is 1. The van der Waals surface area contributed by atoms with Crippen LogP contribution in [0.4, 0.5) is 0 Å². The Balaban J connectivity index is 0. The van der Waals surface area contributed by atoms with Crippen LogP contribution in [0.15, 0.2) is 24.5 Å². The third-order valence-electron chi connectivity index (χ3n) is 1.47. The van der Waals surface area contributed by atoms with E-state index in [0.717, 1.165) is 0 Å². The summed E-state index contributed by atoms with van der Waals surface area (Å²) >= 11 is 0. The van der Waals surface area contributed by atoms with E-state index in [1.54, 1.807) is 32.2 Å². The normalized spacial score (nSPS) is 9.69. The van der Waals surface area contributed by atoms with Gasteiger partial charge in [-0.3, -0.25) is 4.98 Å². The van der Waals surface area contributed by atoms with Gasteiger partial charge in [0.05, 0.1) is 5.56 Å². The smallest absolute Gasteiger partial charge is 0.339 e. The van der Waals surface area contributed by atoms with Crippen LogP contribution in [0.2, 0.25) is 0 Å². The van der Waals surface area contributed by atoms with Gasteiger partial charge < -0.3 is 10.5 Å². The van der Waals surface area contributed by atoms with Gasteiger partial charge in [0, 0.05) is 17.9 Å². The molecule has 0 bridgehead atoms. The van der Waals surface area contributed by atoms with E-state index in [-0.39, 0.29) is 31.4 Å². The Kier molecular flexibility index (Phi) is 8.16. The molecule has 2 N–H and O–H groups in total. The lowest BCUT2D eigenvalue weighted by molar-refractivity contribution is 0.0432. The number of hydrogen-bond acceptors (Lipinski definition) is 4. The van der Waals surface area contributed by atoms with E-state index in [9.17, 15) is 4.79 Å². The van der Waals surface area contributed by atoms with Gasteiger partial charge in [-0.2, -0.15) is 0 Å². The molecule has 1 aromatic heterocycles. The molecule has 0 fully saturated rings. The van der Waals surface area contributed by atoms with Crippen molar-refractivity contribution in [3.63, 3.8) is 0 Å². The number of aromatic nitrogens is 1. The second-order valence-corrected chi connectivity index (χ2v) is 3.81. The summed E-state index contributed by atoms with van der Waals surface area (Å²) in [6, 6.07) is 3.34. The monoisotopic (exact) mass is 266 g/mol. The topological polar surface area (TPSA) is 65.2 Å². The first-order chi connectivity index (χ1) is 6.49. The first-order valence-corrected chi connectivity index (χ1v) is 4.35. The molecule has 4 nitrogen and oxygen atoms in total. The highest BCUT2D eigenvalue weighted by Crippen LogP contribution is 2.02. The van der Waals surface area contributed by atoms with Crippen molar-refractivity contribution in [3.05, 3.63) is 30.1 Å². The zero-order valence-electron chi connectivity index (χ0n) is 9.17. The molecule has 92 valence electrons. The minimum Gasteiger partial charge on any atom is -0.460 e. The molecule has 1 rings (SSSR count). The van der Waals surface area contributed by atoms with Gasteiger partial charge in [0.2, 0.25) is 0 Å². The van der Waals surface area contributed by atoms with Gasteiger partial charge in [0.1, 0.15) is 6.61 Å². The Morgan fingerprint density at radius 3 is 2.56 bits per heavy atom. The van der Waals surface area contributed by atoms with Crippen LogP contribution in [0, 0.1) is 0 Å². The number of hydrogen-bond donors (Lipinski definition) is 1. The molecule has 0 saturated heterocycles. The second kappa shape index (κ2) is 7.44. The van der Waals surface area contributed by atoms with Crippen LogP contribution in [0.1, 0.15) is 24.2 Å². The van der Waals surface area contributed by atoms with Crippen LogP contribution in [0.3, 0.4) is 0 Å². The van der Waals surface area contributed by atoms with E-state index < -0.39 is 11.5 Å². The van der Waals surface area contributed by atoms with Crippen molar-refractivity contribution in [2.24, 2.45) is 5.73 Å². The van der Waals surface area contributed by atoms with Crippen LogP contribution in [0.5, 0.6) is 0 Å². The van der Waals surface area contributed by atoms with Crippen molar-refractivity contribution in [2.45, 2.75) is 19.4 Å². The molecule has 0 amide bonds. The van der Waals surface area contributed by atoms with Crippen molar-refractivity contribution in [2.75, 3.05) is 6.61 Å². The summed E-state index contributed by atoms with van der Waals surface area (Å²) in [4.78, 5) is 15.2. The summed E-state index contributed by atoms with van der Waals surface area (Å²) < 4.78 is 4.99. The number of pyridine rings is 1. The number of nitrogens with zero attached hydrogens (tertiary/aromatic N) is 1. The quantitative estimate of drug-likeness (QED) is 0.848. The summed E-state index contributed by atoms with van der Waals surface area (Å²) in [5.41, 5.74) is 5.61. The van der Waals surface area contributed by atoms with Gasteiger partial charge in [0.25, 0.3) is 0 Å². The average Bonchev–Trinajstić information content (AvgIpc) is 2.14. The third-order valence-corrected chi connectivity index (χ3v) is 1.47. The fraction of sp³-hybridized carbons (Fsp3) is 0.400. The van der Waals surface area contributed by atoms with Crippen LogP contribution < -0.4 is 5.73 Å². The highest BCUT2D eigenvalue weighted by atomic mass is 35.5. The molecule has 0 aliphatic rings.